The highest BCUT2D eigenvalue weighted by molar-refractivity contribution is 5.88. The zero-order chi connectivity index (χ0) is 20.3. The molecule has 2 heterocycles. The lowest BCUT2D eigenvalue weighted by Crippen LogP contribution is -2.56. The van der Waals surface area contributed by atoms with Crippen molar-refractivity contribution >= 4 is 22.8 Å². The SMILES string of the molecule is Cc1ccc2nc(CN(C)C(=O)C[C@H]3C(=O)NCCN3CCC(C)C)[nH]c2c1. The number of hydrogen-bond acceptors (Lipinski definition) is 4. The lowest BCUT2D eigenvalue weighted by Gasteiger charge is -2.35. The van der Waals surface area contributed by atoms with Crippen LogP contribution < -0.4 is 5.32 Å². The van der Waals surface area contributed by atoms with Crippen molar-refractivity contribution in [2.75, 3.05) is 26.7 Å². The lowest BCUT2D eigenvalue weighted by molar-refractivity contribution is -0.138. The molecule has 0 aliphatic carbocycles. The van der Waals surface area contributed by atoms with Gasteiger partial charge in [0, 0.05) is 20.1 Å². The standard InChI is InChI=1S/C21H31N5O2/c1-14(2)7-9-26-10-8-22-21(28)18(26)12-20(27)25(4)13-19-23-16-6-5-15(3)11-17(16)24-19/h5-6,11,14,18H,7-10,12-13H2,1-4H3,(H,22,28)(H,23,24)/t18-/m0/s1. The molecule has 152 valence electrons. The summed E-state index contributed by atoms with van der Waals surface area (Å²) in [6.45, 7) is 9.07. The molecule has 1 aromatic heterocycles. The predicted molar refractivity (Wildman–Crippen MR) is 110 cm³/mol. The molecule has 0 saturated carbocycles. The van der Waals surface area contributed by atoms with Gasteiger partial charge in [0.2, 0.25) is 11.8 Å². The fourth-order valence-electron chi connectivity index (χ4n) is 3.56. The molecule has 1 aromatic carbocycles. The minimum atomic E-state index is -0.388. The number of hydrogen-bond donors (Lipinski definition) is 2. The fourth-order valence-corrected chi connectivity index (χ4v) is 3.56. The summed E-state index contributed by atoms with van der Waals surface area (Å²) in [5.41, 5.74) is 3.03. The zero-order valence-electron chi connectivity index (χ0n) is 17.3. The van der Waals surface area contributed by atoms with Gasteiger partial charge in [-0.05, 0) is 43.5 Å². The first-order valence-corrected chi connectivity index (χ1v) is 10.0. The van der Waals surface area contributed by atoms with Gasteiger partial charge in [0.05, 0.1) is 30.0 Å². The third-order valence-electron chi connectivity index (χ3n) is 5.30. The Morgan fingerprint density at radius 2 is 2.18 bits per heavy atom. The van der Waals surface area contributed by atoms with Crippen LogP contribution in [-0.2, 0) is 16.1 Å². The van der Waals surface area contributed by atoms with E-state index in [4.69, 9.17) is 0 Å². The number of aryl methyl sites for hydroxylation is 1. The highest BCUT2D eigenvalue weighted by Gasteiger charge is 2.32. The maximum absolute atomic E-state index is 12.8. The summed E-state index contributed by atoms with van der Waals surface area (Å²) in [4.78, 5) is 36.8. The molecule has 1 fully saturated rings. The number of benzene rings is 1. The Bertz CT molecular complexity index is 844. The Balaban J connectivity index is 1.63. The van der Waals surface area contributed by atoms with Crippen molar-refractivity contribution in [3.05, 3.63) is 29.6 Å². The van der Waals surface area contributed by atoms with Gasteiger partial charge < -0.3 is 15.2 Å². The van der Waals surface area contributed by atoms with Crippen molar-refractivity contribution in [2.24, 2.45) is 5.92 Å². The van der Waals surface area contributed by atoms with Crippen LogP contribution in [0.15, 0.2) is 18.2 Å². The third-order valence-corrected chi connectivity index (χ3v) is 5.30. The van der Waals surface area contributed by atoms with Crippen molar-refractivity contribution in [1.29, 1.82) is 0 Å². The van der Waals surface area contributed by atoms with E-state index in [0.29, 0.717) is 19.0 Å². The molecule has 2 amide bonds. The topological polar surface area (TPSA) is 81.3 Å². The maximum atomic E-state index is 12.8. The predicted octanol–water partition coefficient (Wildman–Crippen LogP) is 2.07. The number of imidazole rings is 1. The van der Waals surface area contributed by atoms with E-state index >= 15 is 0 Å². The van der Waals surface area contributed by atoms with Crippen LogP contribution in [0.3, 0.4) is 0 Å². The van der Waals surface area contributed by atoms with E-state index in [-0.39, 0.29) is 24.3 Å². The number of carbonyl (C=O) groups excluding carboxylic acids is 2. The van der Waals surface area contributed by atoms with Gasteiger partial charge in [0.25, 0.3) is 0 Å². The summed E-state index contributed by atoms with van der Waals surface area (Å²) in [6.07, 6.45) is 1.21. The van der Waals surface area contributed by atoms with Gasteiger partial charge in [-0.15, -0.1) is 0 Å². The van der Waals surface area contributed by atoms with Crippen LogP contribution in [0, 0.1) is 12.8 Å². The normalized spacial score (nSPS) is 17.9. The first-order chi connectivity index (χ1) is 13.3. The number of fused-ring (bicyclic) bond motifs is 1. The molecule has 1 aliphatic heterocycles. The van der Waals surface area contributed by atoms with Crippen LogP contribution in [-0.4, -0.2) is 64.3 Å². The van der Waals surface area contributed by atoms with Gasteiger partial charge in [-0.3, -0.25) is 14.5 Å². The van der Waals surface area contributed by atoms with E-state index in [1.54, 1.807) is 11.9 Å². The highest BCUT2D eigenvalue weighted by atomic mass is 16.2. The quantitative estimate of drug-likeness (QED) is 0.764. The van der Waals surface area contributed by atoms with E-state index in [1.165, 1.54) is 0 Å². The van der Waals surface area contributed by atoms with Crippen molar-refractivity contribution < 1.29 is 9.59 Å². The summed E-state index contributed by atoms with van der Waals surface area (Å²) in [7, 11) is 1.76. The van der Waals surface area contributed by atoms with Crippen LogP contribution in [0.2, 0.25) is 0 Å². The Kier molecular flexibility index (Phi) is 6.34. The molecule has 1 aliphatic rings. The van der Waals surface area contributed by atoms with Gasteiger partial charge in [-0.1, -0.05) is 19.9 Å². The summed E-state index contributed by atoms with van der Waals surface area (Å²) in [5, 5.41) is 2.90. The molecule has 0 spiro atoms. The number of aromatic nitrogens is 2. The first kappa shape index (κ1) is 20.3. The molecule has 7 nitrogen and oxygen atoms in total. The van der Waals surface area contributed by atoms with Crippen LogP contribution in [0.4, 0.5) is 0 Å². The number of piperazine rings is 1. The Morgan fingerprint density at radius 1 is 1.39 bits per heavy atom. The second kappa shape index (κ2) is 8.73. The molecule has 2 aromatic rings. The molecule has 2 N–H and O–H groups in total. The van der Waals surface area contributed by atoms with Gasteiger partial charge >= 0.3 is 0 Å². The number of aromatic amines is 1. The summed E-state index contributed by atoms with van der Waals surface area (Å²) >= 11 is 0. The number of nitrogens with one attached hydrogen (secondary N) is 2. The summed E-state index contributed by atoms with van der Waals surface area (Å²) in [5.74, 6) is 1.23. The van der Waals surface area contributed by atoms with E-state index < -0.39 is 0 Å². The smallest absolute Gasteiger partial charge is 0.237 e. The Hall–Kier alpha value is -2.41. The number of nitrogens with zero attached hydrogens (tertiary/aromatic N) is 3. The number of carbonyl (C=O) groups is 2. The van der Waals surface area contributed by atoms with Crippen LogP contribution >= 0.6 is 0 Å². The van der Waals surface area contributed by atoms with Crippen LogP contribution in [0.5, 0.6) is 0 Å². The minimum Gasteiger partial charge on any atom is -0.353 e. The van der Waals surface area contributed by atoms with E-state index in [1.807, 2.05) is 25.1 Å². The monoisotopic (exact) mass is 385 g/mol. The van der Waals surface area contributed by atoms with E-state index in [9.17, 15) is 9.59 Å². The molecule has 7 heteroatoms. The van der Waals surface area contributed by atoms with Gasteiger partial charge in [-0.25, -0.2) is 4.98 Å². The summed E-state index contributed by atoms with van der Waals surface area (Å²) < 4.78 is 0. The minimum absolute atomic E-state index is 0.0454. The van der Waals surface area contributed by atoms with Crippen molar-refractivity contribution in [1.82, 2.24) is 25.1 Å². The first-order valence-electron chi connectivity index (χ1n) is 10.0. The molecular formula is C21H31N5O2. The second-order valence-corrected chi connectivity index (χ2v) is 8.18. The average molecular weight is 386 g/mol. The molecule has 3 rings (SSSR count). The number of H-pyrrole nitrogens is 1. The van der Waals surface area contributed by atoms with Gasteiger partial charge in [0.1, 0.15) is 5.82 Å². The maximum Gasteiger partial charge on any atom is 0.237 e. The molecule has 0 radical (unpaired) electrons. The molecule has 1 saturated heterocycles. The number of rotatable bonds is 7. The van der Waals surface area contributed by atoms with Crippen molar-refractivity contribution in [3.8, 4) is 0 Å². The molecular weight excluding hydrogens is 354 g/mol. The van der Waals surface area contributed by atoms with Gasteiger partial charge in [-0.2, -0.15) is 0 Å². The average Bonchev–Trinajstić information content (AvgIpc) is 3.03. The van der Waals surface area contributed by atoms with Gasteiger partial charge in [0.15, 0.2) is 0 Å². The Morgan fingerprint density at radius 3 is 2.93 bits per heavy atom. The van der Waals surface area contributed by atoms with Crippen LogP contribution in [0.1, 0.15) is 38.1 Å². The Labute approximate surface area is 166 Å². The molecule has 1 atom stereocenters. The van der Waals surface area contributed by atoms with Crippen molar-refractivity contribution in [3.63, 3.8) is 0 Å². The lowest BCUT2D eigenvalue weighted by atomic mass is 10.1. The van der Waals surface area contributed by atoms with E-state index in [0.717, 1.165) is 41.9 Å². The van der Waals surface area contributed by atoms with Crippen molar-refractivity contribution in [2.45, 2.75) is 46.2 Å². The largest absolute Gasteiger partial charge is 0.353 e. The number of amides is 2. The zero-order valence-corrected chi connectivity index (χ0v) is 17.3. The second-order valence-electron chi connectivity index (χ2n) is 8.18. The summed E-state index contributed by atoms with van der Waals surface area (Å²) in [6, 6.07) is 5.66. The molecule has 28 heavy (non-hydrogen) atoms. The molecule has 0 bridgehead atoms. The fraction of sp³-hybridized carbons (Fsp3) is 0.571. The van der Waals surface area contributed by atoms with Crippen LogP contribution in [0.25, 0.3) is 11.0 Å². The van der Waals surface area contributed by atoms with E-state index in [2.05, 4.69) is 34.0 Å². The third kappa shape index (κ3) is 4.90. The highest BCUT2D eigenvalue weighted by Crippen LogP contribution is 2.16. The molecule has 0 unspecified atom stereocenters.